The fourth-order valence-corrected chi connectivity index (χ4v) is 1.11. The fourth-order valence-electron chi connectivity index (χ4n) is 1.11. The maximum atomic E-state index is 10.2. The van der Waals surface area contributed by atoms with Gasteiger partial charge in [0.2, 0.25) is 0 Å². The number of aryl methyl sites for hydroxylation is 1. The topological polar surface area (TPSA) is 74.6 Å². The van der Waals surface area contributed by atoms with E-state index in [0.717, 1.165) is 12.0 Å². The average Bonchev–Trinajstić information content (AvgIpc) is 2.28. The highest BCUT2D eigenvalue weighted by molar-refractivity contribution is 5.67. The highest BCUT2D eigenvalue weighted by Gasteiger charge is 1.96. The normalized spacial score (nSPS) is 9.00. The summed E-state index contributed by atoms with van der Waals surface area (Å²) < 4.78 is 0. The van der Waals surface area contributed by atoms with E-state index in [1.54, 1.807) is 0 Å². The predicted octanol–water partition coefficient (Wildman–Crippen LogP) is 2.57. The summed E-state index contributed by atoms with van der Waals surface area (Å²) >= 11 is 0. The molecule has 0 aliphatic carbocycles. The Morgan fingerprint density at radius 3 is 1.88 bits per heavy atom. The van der Waals surface area contributed by atoms with Gasteiger partial charge in [0.05, 0.1) is 0 Å². The van der Waals surface area contributed by atoms with E-state index in [1.807, 2.05) is 37.3 Å². The maximum absolute atomic E-state index is 10.2. The Labute approximate surface area is 101 Å². The summed E-state index contributed by atoms with van der Waals surface area (Å²) in [6, 6.07) is 9.62. The lowest BCUT2D eigenvalue weighted by molar-refractivity contribution is -0.138. The summed E-state index contributed by atoms with van der Waals surface area (Å²) in [5.74, 6) is -1.45. The Morgan fingerprint density at radius 2 is 1.53 bits per heavy atom. The molecule has 4 heteroatoms. The van der Waals surface area contributed by atoms with Crippen LogP contribution in [0, 0.1) is 0 Å². The van der Waals surface area contributed by atoms with Crippen molar-refractivity contribution in [2.45, 2.75) is 32.6 Å². The van der Waals surface area contributed by atoms with E-state index >= 15 is 0 Å². The molecule has 0 aliphatic heterocycles. The summed E-state index contributed by atoms with van der Waals surface area (Å²) in [5.41, 5.74) is 1.08. The van der Waals surface area contributed by atoms with Crippen molar-refractivity contribution in [3.05, 3.63) is 35.9 Å². The third-order valence-electron chi connectivity index (χ3n) is 1.93. The second kappa shape index (κ2) is 9.39. The van der Waals surface area contributed by atoms with Gasteiger partial charge in [-0.1, -0.05) is 37.3 Å². The monoisotopic (exact) mass is 238 g/mol. The molecule has 0 saturated carbocycles. The van der Waals surface area contributed by atoms with E-state index in [9.17, 15) is 9.59 Å². The van der Waals surface area contributed by atoms with Crippen LogP contribution in [0.25, 0.3) is 0 Å². The molecular weight excluding hydrogens is 220 g/mol. The number of aliphatic carboxylic acids is 2. The quantitative estimate of drug-likeness (QED) is 0.826. The smallest absolute Gasteiger partial charge is 0.303 e. The molecule has 0 amide bonds. The fraction of sp³-hybridized carbons (Fsp3) is 0.385. The largest absolute Gasteiger partial charge is 0.481 e. The first-order valence-electron chi connectivity index (χ1n) is 5.53. The molecule has 0 heterocycles. The third-order valence-corrected chi connectivity index (χ3v) is 1.93. The summed E-state index contributed by atoms with van der Waals surface area (Å²) in [6.07, 6.45) is 1.86. The first-order chi connectivity index (χ1) is 8.06. The van der Waals surface area contributed by atoms with E-state index < -0.39 is 11.9 Å². The molecule has 0 bridgehead atoms. The Kier molecular flexibility index (Phi) is 8.37. The zero-order valence-electron chi connectivity index (χ0n) is 9.93. The molecule has 0 unspecified atom stereocenters. The van der Waals surface area contributed by atoms with Crippen LogP contribution < -0.4 is 0 Å². The maximum Gasteiger partial charge on any atom is 0.303 e. The van der Waals surface area contributed by atoms with Crippen molar-refractivity contribution in [2.75, 3.05) is 0 Å². The molecule has 0 radical (unpaired) electrons. The van der Waals surface area contributed by atoms with Gasteiger partial charge in [-0.2, -0.15) is 0 Å². The van der Waals surface area contributed by atoms with Gasteiger partial charge in [0.25, 0.3) is 0 Å². The molecule has 94 valence electrons. The van der Waals surface area contributed by atoms with Gasteiger partial charge in [-0.05, 0) is 18.4 Å². The first-order valence-corrected chi connectivity index (χ1v) is 5.53. The molecular formula is C13H18O4. The van der Waals surface area contributed by atoms with Crippen molar-refractivity contribution in [2.24, 2.45) is 0 Å². The molecule has 17 heavy (non-hydrogen) atoms. The molecule has 2 N–H and O–H groups in total. The number of hydrogen-bond donors (Lipinski definition) is 2. The van der Waals surface area contributed by atoms with Crippen LogP contribution in [0.5, 0.6) is 0 Å². The van der Waals surface area contributed by atoms with Crippen molar-refractivity contribution in [1.29, 1.82) is 0 Å². The molecule has 1 rings (SSSR count). The lowest BCUT2D eigenvalue weighted by Gasteiger charge is -1.95. The van der Waals surface area contributed by atoms with Crippen molar-refractivity contribution in [3.8, 4) is 0 Å². The van der Waals surface area contributed by atoms with Crippen LogP contribution in [0.4, 0.5) is 0 Å². The van der Waals surface area contributed by atoms with Gasteiger partial charge < -0.3 is 10.2 Å². The predicted molar refractivity (Wildman–Crippen MR) is 64.9 cm³/mol. The average molecular weight is 238 g/mol. The van der Waals surface area contributed by atoms with Crippen molar-refractivity contribution < 1.29 is 19.8 Å². The summed E-state index contributed by atoms with van der Waals surface area (Å²) in [6.45, 7) is 1.84. The second-order valence-corrected chi connectivity index (χ2v) is 3.52. The molecule has 1 aromatic carbocycles. The van der Waals surface area contributed by atoms with Gasteiger partial charge in [-0.15, -0.1) is 0 Å². The van der Waals surface area contributed by atoms with Gasteiger partial charge in [-0.25, -0.2) is 0 Å². The Balaban J connectivity index is 0.000000366. The number of carboxylic acids is 2. The van der Waals surface area contributed by atoms with Gasteiger partial charge in [0.1, 0.15) is 0 Å². The Bertz CT molecular complexity index is 333. The van der Waals surface area contributed by atoms with E-state index in [-0.39, 0.29) is 6.42 Å². The van der Waals surface area contributed by atoms with Gasteiger partial charge >= 0.3 is 11.9 Å². The third kappa shape index (κ3) is 10.4. The lowest BCUT2D eigenvalue weighted by atomic mass is 10.1. The molecule has 0 fully saturated rings. The molecule has 0 aromatic heterocycles. The van der Waals surface area contributed by atoms with Gasteiger partial charge in [0.15, 0.2) is 0 Å². The van der Waals surface area contributed by atoms with Crippen LogP contribution in [-0.4, -0.2) is 22.2 Å². The number of carbonyl (C=O) groups is 2. The molecule has 4 nitrogen and oxygen atoms in total. The van der Waals surface area contributed by atoms with Gasteiger partial charge in [-0.3, -0.25) is 9.59 Å². The standard InChI is InChI=1S/C9H10O2.C4H8O2/c10-9(11)7-6-8-4-2-1-3-5-8;1-2-3-4(5)6/h1-5H,6-7H2,(H,10,11);2-3H2,1H3,(H,5,6). The first kappa shape index (κ1) is 15.2. The number of rotatable bonds is 5. The van der Waals surface area contributed by atoms with Crippen LogP contribution in [-0.2, 0) is 16.0 Å². The molecule has 0 saturated heterocycles. The number of benzene rings is 1. The Hall–Kier alpha value is -1.84. The van der Waals surface area contributed by atoms with Crippen LogP contribution in [0.15, 0.2) is 30.3 Å². The SMILES string of the molecule is CCCC(=O)O.O=C(O)CCc1ccccc1. The Morgan fingerprint density at radius 1 is 1.00 bits per heavy atom. The highest BCUT2D eigenvalue weighted by atomic mass is 16.4. The zero-order valence-corrected chi connectivity index (χ0v) is 9.93. The second-order valence-electron chi connectivity index (χ2n) is 3.52. The molecule has 0 spiro atoms. The molecule has 1 aromatic rings. The molecule has 0 aliphatic rings. The van der Waals surface area contributed by atoms with E-state index in [1.165, 1.54) is 0 Å². The minimum absolute atomic E-state index is 0.212. The summed E-state index contributed by atoms with van der Waals surface area (Å²) in [7, 11) is 0. The van der Waals surface area contributed by atoms with E-state index in [2.05, 4.69) is 0 Å². The lowest BCUT2D eigenvalue weighted by Crippen LogP contribution is -1.96. The van der Waals surface area contributed by atoms with E-state index in [0.29, 0.717) is 12.8 Å². The summed E-state index contributed by atoms with van der Waals surface area (Å²) in [5, 5.41) is 16.3. The highest BCUT2D eigenvalue weighted by Crippen LogP contribution is 2.01. The zero-order chi connectivity index (χ0) is 13.1. The number of carboxylic acid groups (broad SMARTS) is 2. The van der Waals surface area contributed by atoms with Gasteiger partial charge in [0, 0.05) is 12.8 Å². The van der Waals surface area contributed by atoms with Crippen LogP contribution in [0.3, 0.4) is 0 Å². The summed E-state index contributed by atoms with van der Waals surface area (Å²) in [4.78, 5) is 19.8. The number of hydrogen-bond acceptors (Lipinski definition) is 2. The van der Waals surface area contributed by atoms with Crippen molar-refractivity contribution in [3.63, 3.8) is 0 Å². The van der Waals surface area contributed by atoms with Crippen molar-refractivity contribution in [1.82, 2.24) is 0 Å². The van der Waals surface area contributed by atoms with Crippen LogP contribution in [0.2, 0.25) is 0 Å². The van der Waals surface area contributed by atoms with E-state index in [4.69, 9.17) is 10.2 Å². The molecule has 0 atom stereocenters. The minimum Gasteiger partial charge on any atom is -0.481 e. The minimum atomic E-state index is -0.742. The van der Waals surface area contributed by atoms with Crippen LogP contribution in [0.1, 0.15) is 31.7 Å². The van der Waals surface area contributed by atoms with Crippen molar-refractivity contribution >= 4 is 11.9 Å². The van der Waals surface area contributed by atoms with Crippen LogP contribution >= 0.6 is 0 Å².